The van der Waals surface area contributed by atoms with Crippen molar-refractivity contribution in [1.29, 1.82) is 0 Å². The maximum atomic E-state index is 5.90. The summed E-state index contributed by atoms with van der Waals surface area (Å²) in [5.41, 5.74) is 0. The highest BCUT2D eigenvalue weighted by molar-refractivity contribution is 6.28. The Morgan fingerprint density at radius 3 is 2.32 bits per heavy atom. The highest BCUT2D eigenvalue weighted by Crippen LogP contribution is 2.13. The molecule has 7 nitrogen and oxygen atoms in total. The molecular formula is C11H20ClN5O2. The molecule has 0 unspecified atom stereocenters. The second kappa shape index (κ2) is 8.08. The van der Waals surface area contributed by atoms with Crippen LogP contribution in [-0.4, -0.2) is 55.1 Å². The van der Waals surface area contributed by atoms with Crippen LogP contribution in [-0.2, 0) is 9.47 Å². The van der Waals surface area contributed by atoms with Gasteiger partial charge in [-0.2, -0.15) is 15.0 Å². The van der Waals surface area contributed by atoms with E-state index in [1.807, 2.05) is 18.7 Å². The van der Waals surface area contributed by atoms with E-state index >= 15 is 0 Å². The molecule has 1 rings (SSSR count). The molecule has 0 saturated heterocycles. The molecule has 19 heavy (non-hydrogen) atoms. The number of methoxy groups -OCH3 is 2. The number of halogens is 1. The van der Waals surface area contributed by atoms with Gasteiger partial charge in [-0.3, -0.25) is 0 Å². The van der Waals surface area contributed by atoms with E-state index < -0.39 is 0 Å². The molecule has 1 aromatic rings. The molecule has 1 heterocycles. The van der Waals surface area contributed by atoms with Crippen LogP contribution in [0.4, 0.5) is 11.9 Å². The van der Waals surface area contributed by atoms with Crippen molar-refractivity contribution in [3.8, 4) is 0 Å². The monoisotopic (exact) mass is 289 g/mol. The average molecular weight is 290 g/mol. The van der Waals surface area contributed by atoms with Gasteiger partial charge in [-0.05, 0) is 25.4 Å². The highest BCUT2D eigenvalue weighted by Gasteiger charge is 2.11. The summed E-state index contributed by atoms with van der Waals surface area (Å²) in [7, 11) is 3.13. The van der Waals surface area contributed by atoms with Crippen molar-refractivity contribution in [3.63, 3.8) is 0 Å². The van der Waals surface area contributed by atoms with E-state index in [4.69, 9.17) is 21.1 Å². The predicted octanol–water partition coefficient (Wildman–Crippen LogP) is 1.40. The molecule has 0 spiro atoms. The van der Waals surface area contributed by atoms with Crippen LogP contribution in [0.25, 0.3) is 0 Å². The van der Waals surface area contributed by atoms with Crippen LogP contribution in [0.3, 0.4) is 0 Å². The van der Waals surface area contributed by atoms with Crippen molar-refractivity contribution in [3.05, 3.63) is 5.28 Å². The Bertz CT molecular complexity index is 385. The van der Waals surface area contributed by atoms with Crippen molar-refractivity contribution in [2.24, 2.45) is 0 Å². The molecule has 0 bridgehead atoms. The smallest absolute Gasteiger partial charge is 0.231 e. The van der Waals surface area contributed by atoms with Gasteiger partial charge in [0.2, 0.25) is 17.2 Å². The normalized spacial score (nSPS) is 10.8. The van der Waals surface area contributed by atoms with Gasteiger partial charge in [-0.25, -0.2) is 0 Å². The molecule has 0 fully saturated rings. The average Bonchev–Trinajstić information content (AvgIpc) is 2.41. The lowest BCUT2D eigenvalue weighted by Crippen LogP contribution is -2.27. The summed E-state index contributed by atoms with van der Waals surface area (Å²) in [6, 6.07) is 0. The number of ether oxygens (including phenoxy) is 2. The molecule has 0 aromatic carbocycles. The highest BCUT2D eigenvalue weighted by atomic mass is 35.5. The lowest BCUT2D eigenvalue weighted by atomic mass is 10.5. The first-order valence-corrected chi connectivity index (χ1v) is 6.48. The van der Waals surface area contributed by atoms with Gasteiger partial charge >= 0.3 is 0 Å². The zero-order chi connectivity index (χ0) is 14.3. The van der Waals surface area contributed by atoms with Crippen molar-refractivity contribution in [2.45, 2.75) is 20.1 Å². The zero-order valence-electron chi connectivity index (χ0n) is 11.7. The third-order valence-electron chi connectivity index (χ3n) is 2.60. The quantitative estimate of drug-likeness (QED) is 0.725. The van der Waals surface area contributed by atoms with Crippen LogP contribution in [0, 0.1) is 0 Å². The second-order valence-corrected chi connectivity index (χ2v) is 4.02. The minimum Gasteiger partial charge on any atom is -0.354 e. The number of rotatable bonds is 8. The van der Waals surface area contributed by atoms with E-state index in [-0.39, 0.29) is 11.6 Å². The summed E-state index contributed by atoms with van der Waals surface area (Å²) in [6.45, 7) is 6.08. The van der Waals surface area contributed by atoms with Crippen molar-refractivity contribution in [2.75, 3.05) is 44.1 Å². The van der Waals surface area contributed by atoms with Crippen molar-refractivity contribution < 1.29 is 9.47 Å². The summed E-state index contributed by atoms with van der Waals surface area (Å²) in [6.07, 6.45) is -0.368. The minimum atomic E-state index is -0.368. The number of hydrogen-bond acceptors (Lipinski definition) is 7. The summed E-state index contributed by atoms with van der Waals surface area (Å²) < 4.78 is 10.1. The SMILES string of the molecule is CCN(CC)c1nc(Cl)nc(NCC(OC)OC)n1. The Morgan fingerprint density at radius 2 is 1.79 bits per heavy atom. The number of hydrogen-bond donors (Lipinski definition) is 1. The van der Waals surface area contributed by atoms with Gasteiger partial charge in [-0.15, -0.1) is 0 Å². The first-order chi connectivity index (χ1) is 9.14. The van der Waals surface area contributed by atoms with E-state index in [9.17, 15) is 0 Å². The Hall–Kier alpha value is -1.18. The maximum absolute atomic E-state index is 5.90. The fourth-order valence-corrected chi connectivity index (χ4v) is 1.66. The molecule has 0 aliphatic rings. The molecule has 0 aliphatic heterocycles. The van der Waals surface area contributed by atoms with Crippen molar-refractivity contribution >= 4 is 23.5 Å². The number of anilines is 2. The lowest BCUT2D eigenvalue weighted by molar-refractivity contribution is -0.0914. The predicted molar refractivity (Wildman–Crippen MR) is 74.7 cm³/mol. The molecule has 1 aromatic heterocycles. The molecule has 0 aliphatic carbocycles. The van der Waals surface area contributed by atoms with Crippen LogP contribution < -0.4 is 10.2 Å². The standard InChI is InChI=1S/C11H20ClN5O2/c1-5-17(6-2)11-15-9(12)14-10(16-11)13-7-8(18-3)19-4/h8H,5-7H2,1-4H3,(H,13,14,15,16). The number of aromatic nitrogens is 3. The van der Waals surface area contributed by atoms with Crippen LogP contribution in [0.15, 0.2) is 0 Å². The Morgan fingerprint density at radius 1 is 1.16 bits per heavy atom. The minimum absolute atomic E-state index is 0.158. The Balaban J connectivity index is 2.78. The summed E-state index contributed by atoms with van der Waals surface area (Å²) in [4.78, 5) is 14.4. The molecular weight excluding hydrogens is 270 g/mol. The first-order valence-electron chi connectivity index (χ1n) is 6.10. The van der Waals surface area contributed by atoms with Gasteiger partial charge < -0.3 is 19.7 Å². The first kappa shape index (κ1) is 15.9. The fourth-order valence-electron chi connectivity index (χ4n) is 1.50. The van der Waals surface area contributed by atoms with Gasteiger partial charge in [0.1, 0.15) is 0 Å². The van der Waals surface area contributed by atoms with E-state index in [1.165, 1.54) is 0 Å². The van der Waals surface area contributed by atoms with Gasteiger partial charge in [0.25, 0.3) is 0 Å². The molecule has 1 N–H and O–H groups in total. The lowest BCUT2D eigenvalue weighted by Gasteiger charge is -2.19. The number of nitrogens with zero attached hydrogens (tertiary/aromatic N) is 4. The topological polar surface area (TPSA) is 72.4 Å². The van der Waals surface area contributed by atoms with E-state index in [1.54, 1.807) is 14.2 Å². The molecule has 0 atom stereocenters. The van der Waals surface area contributed by atoms with Gasteiger partial charge in [0.15, 0.2) is 6.29 Å². The van der Waals surface area contributed by atoms with Crippen LogP contribution >= 0.6 is 11.6 Å². The molecule has 0 saturated carbocycles. The third-order valence-corrected chi connectivity index (χ3v) is 2.76. The van der Waals surface area contributed by atoms with Crippen molar-refractivity contribution in [1.82, 2.24) is 15.0 Å². The van der Waals surface area contributed by atoms with Crippen LogP contribution in [0.2, 0.25) is 5.28 Å². The summed E-state index contributed by atoms with van der Waals surface area (Å²) in [5, 5.41) is 3.17. The molecule has 108 valence electrons. The van der Waals surface area contributed by atoms with Gasteiger partial charge in [0.05, 0.1) is 6.54 Å². The molecule has 8 heteroatoms. The maximum Gasteiger partial charge on any atom is 0.231 e. The van der Waals surface area contributed by atoms with Gasteiger partial charge in [-0.1, -0.05) is 0 Å². The zero-order valence-corrected chi connectivity index (χ0v) is 12.4. The third kappa shape index (κ3) is 4.77. The van der Waals surface area contributed by atoms with E-state index in [2.05, 4.69) is 20.3 Å². The largest absolute Gasteiger partial charge is 0.354 e. The number of nitrogens with one attached hydrogen (secondary N) is 1. The Labute approximate surface area is 118 Å². The fraction of sp³-hybridized carbons (Fsp3) is 0.727. The summed E-state index contributed by atoms with van der Waals surface area (Å²) >= 11 is 5.90. The second-order valence-electron chi connectivity index (χ2n) is 3.68. The van der Waals surface area contributed by atoms with E-state index in [0.29, 0.717) is 18.4 Å². The van der Waals surface area contributed by atoms with E-state index in [0.717, 1.165) is 13.1 Å². The van der Waals surface area contributed by atoms with Crippen LogP contribution in [0.5, 0.6) is 0 Å². The molecule has 0 radical (unpaired) electrons. The Kier molecular flexibility index (Phi) is 6.75. The van der Waals surface area contributed by atoms with Gasteiger partial charge in [0, 0.05) is 27.3 Å². The van der Waals surface area contributed by atoms with Crippen LogP contribution in [0.1, 0.15) is 13.8 Å². The summed E-state index contributed by atoms with van der Waals surface area (Å²) in [5.74, 6) is 0.958. The molecule has 0 amide bonds.